The van der Waals surface area contributed by atoms with Crippen molar-refractivity contribution in [3.8, 4) is 0 Å². The van der Waals surface area contributed by atoms with Crippen LogP contribution < -0.4 is 11.1 Å². The molecule has 3 N–H and O–H groups in total. The van der Waals surface area contributed by atoms with Gasteiger partial charge in [-0.15, -0.1) is 0 Å². The first-order chi connectivity index (χ1) is 13.8. The lowest BCUT2D eigenvalue weighted by molar-refractivity contribution is -0.0939. The second-order valence-corrected chi connectivity index (χ2v) is 7.19. The first-order valence-corrected chi connectivity index (χ1v) is 9.28. The number of hydrogen-bond acceptors (Lipinski definition) is 2. The molecule has 4 rings (SSSR count). The van der Waals surface area contributed by atoms with Crippen LogP contribution in [0.25, 0.3) is 11.6 Å². The van der Waals surface area contributed by atoms with Gasteiger partial charge in [0.1, 0.15) is 0 Å². The number of rotatable bonds is 3. The average Bonchev–Trinajstić information content (AvgIpc) is 3.06. The summed E-state index contributed by atoms with van der Waals surface area (Å²) in [7, 11) is 0. The number of nitrogens with two attached hydrogens (primary N) is 1. The van der Waals surface area contributed by atoms with Crippen molar-refractivity contribution >= 4 is 23.2 Å². The summed E-state index contributed by atoms with van der Waals surface area (Å²) in [5.74, 6) is -0.300. The Kier molecular flexibility index (Phi) is 4.78. The zero-order valence-corrected chi connectivity index (χ0v) is 15.5. The van der Waals surface area contributed by atoms with Crippen molar-refractivity contribution < 1.29 is 18.0 Å². The quantitative estimate of drug-likeness (QED) is 0.724. The standard InChI is InChI=1S/C23H19F3N2O/c24-23(25,26)17-8-5-14(6-9-17)20-3-1-2-4-21(20)22(29)28-19-10-7-15-11-18(27)12-16(15)13-19/h1-5,7-8,10-11,13H,6,9,12,27H2,(H,28,29). The van der Waals surface area contributed by atoms with Crippen LogP contribution in [-0.2, 0) is 6.42 Å². The maximum Gasteiger partial charge on any atom is 0.412 e. The van der Waals surface area contributed by atoms with Gasteiger partial charge in [-0.25, -0.2) is 0 Å². The predicted molar refractivity (Wildman–Crippen MR) is 108 cm³/mol. The van der Waals surface area contributed by atoms with Gasteiger partial charge >= 0.3 is 6.18 Å². The first kappa shape index (κ1) is 19.1. The molecule has 0 bridgehead atoms. The molecule has 148 valence electrons. The summed E-state index contributed by atoms with van der Waals surface area (Å²) in [6.45, 7) is 0. The molecular formula is C23H19F3N2O. The lowest BCUT2D eigenvalue weighted by Crippen LogP contribution is -2.16. The molecule has 1 amide bonds. The normalized spacial score (nSPS) is 15.9. The SMILES string of the molecule is NC1=Cc2ccc(NC(=O)c3ccccc3C3=CC=C(C(F)(F)F)CC3)cc2C1. The molecule has 3 nitrogen and oxygen atoms in total. The van der Waals surface area contributed by atoms with Gasteiger partial charge in [-0.05, 0) is 59.4 Å². The highest BCUT2D eigenvalue weighted by molar-refractivity contribution is 6.07. The Morgan fingerprint density at radius 3 is 2.55 bits per heavy atom. The molecule has 6 heteroatoms. The summed E-state index contributed by atoms with van der Waals surface area (Å²) < 4.78 is 38.6. The number of amides is 1. The number of carbonyl (C=O) groups excluding carboxylic acids is 1. The minimum Gasteiger partial charge on any atom is -0.402 e. The second-order valence-electron chi connectivity index (χ2n) is 7.19. The molecule has 0 radical (unpaired) electrons. The summed E-state index contributed by atoms with van der Waals surface area (Å²) >= 11 is 0. The Hall–Kier alpha value is -3.28. The van der Waals surface area contributed by atoms with Crippen molar-refractivity contribution in [2.75, 3.05) is 5.32 Å². The predicted octanol–water partition coefficient (Wildman–Crippen LogP) is 5.46. The maximum absolute atomic E-state index is 12.9. The van der Waals surface area contributed by atoms with Crippen LogP contribution in [0.4, 0.5) is 18.9 Å². The van der Waals surface area contributed by atoms with Crippen LogP contribution in [0.15, 0.2) is 65.9 Å². The van der Waals surface area contributed by atoms with Crippen molar-refractivity contribution in [1.82, 2.24) is 0 Å². The van der Waals surface area contributed by atoms with Gasteiger partial charge in [0.25, 0.3) is 5.91 Å². The van der Waals surface area contributed by atoms with E-state index in [2.05, 4.69) is 5.32 Å². The van der Waals surface area contributed by atoms with Crippen LogP contribution >= 0.6 is 0 Å². The van der Waals surface area contributed by atoms with Gasteiger partial charge in [0.05, 0.1) is 0 Å². The van der Waals surface area contributed by atoms with E-state index in [1.165, 1.54) is 6.08 Å². The molecule has 2 aliphatic rings. The van der Waals surface area contributed by atoms with E-state index in [0.717, 1.165) is 28.5 Å². The Balaban J connectivity index is 1.58. The summed E-state index contributed by atoms with van der Waals surface area (Å²) in [5, 5.41) is 2.89. The fourth-order valence-electron chi connectivity index (χ4n) is 3.71. The van der Waals surface area contributed by atoms with Gasteiger partial charge in [0.15, 0.2) is 0 Å². The zero-order valence-electron chi connectivity index (χ0n) is 15.5. The van der Waals surface area contributed by atoms with Crippen molar-refractivity contribution in [3.05, 3.63) is 88.1 Å². The number of fused-ring (bicyclic) bond motifs is 1. The van der Waals surface area contributed by atoms with Crippen LogP contribution in [0.5, 0.6) is 0 Å². The number of hydrogen-bond donors (Lipinski definition) is 2. The molecule has 0 fully saturated rings. The Labute approximate surface area is 166 Å². The molecule has 0 aliphatic heterocycles. The highest BCUT2D eigenvalue weighted by atomic mass is 19.4. The third-order valence-electron chi connectivity index (χ3n) is 5.17. The third kappa shape index (κ3) is 3.97. The van der Waals surface area contributed by atoms with Gasteiger partial charge in [-0.2, -0.15) is 13.2 Å². The zero-order chi connectivity index (χ0) is 20.6. The molecule has 0 saturated heterocycles. The summed E-state index contributed by atoms with van der Waals surface area (Å²) in [6, 6.07) is 12.6. The average molecular weight is 396 g/mol. The molecule has 2 aromatic carbocycles. The fourth-order valence-corrected chi connectivity index (χ4v) is 3.71. The van der Waals surface area contributed by atoms with E-state index in [1.807, 2.05) is 24.3 Å². The Morgan fingerprint density at radius 1 is 1.03 bits per heavy atom. The van der Waals surface area contributed by atoms with E-state index in [0.29, 0.717) is 23.2 Å². The Bertz CT molecular complexity index is 1080. The molecule has 0 heterocycles. The van der Waals surface area contributed by atoms with Crippen LogP contribution in [-0.4, -0.2) is 12.1 Å². The first-order valence-electron chi connectivity index (χ1n) is 9.28. The molecule has 0 saturated carbocycles. The smallest absolute Gasteiger partial charge is 0.402 e. The summed E-state index contributed by atoms with van der Waals surface area (Å²) in [4.78, 5) is 12.9. The second kappa shape index (κ2) is 7.28. The summed E-state index contributed by atoms with van der Waals surface area (Å²) in [6.07, 6.45) is 0.952. The minimum absolute atomic E-state index is 0.0927. The minimum atomic E-state index is -4.31. The van der Waals surface area contributed by atoms with Crippen LogP contribution in [0, 0.1) is 0 Å². The molecule has 0 spiro atoms. The number of benzene rings is 2. The lowest BCUT2D eigenvalue weighted by atomic mass is 9.90. The number of carbonyl (C=O) groups is 1. The topological polar surface area (TPSA) is 55.1 Å². The van der Waals surface area contributed by atoms with E-state index in [1.54, 1.807) is 24.3 Å². The highest BCUT2D eigenvalue weighted by Gasteiger charge is 2.34. The monoisotopic (exact) mass is 396 g/mol. The molecule has 0 atom stereocenters. The van der Waals surface area contributed by atoms with Crippen LogP contribution in [0.1, 0.15) is 39.9 Å². The van der Waals surface area contributed by atoms with E-state index in [9.17, 15) is 18.0 Å². The molecule has 2 aromatic rings. The molecule has 29 heavy (non-hydrogen) atoms. The molecule has 2 aliphatic carbocycles. The van der Waals surface area contributed by atoms with E-state index in [4.69, 9.17) is 5.73 Å². The maximum atomic E-state index is 12.9. The number of nitrogens with one attached hydrogen (secondary N) is 1. The number of alkyl halides is 3. The van der Waals surface area contributed by atoms with Gasteiger partial charge < -0.3 is 11.1 Å². The van der Waals surface area contributed by atoms with Gasteiger partial charge in [0.2, 0.25) is 0 Å². The molecule has 0 unspecified atom stereocenters. The van der Waals surface area contributed by atoms with Crippen molar-refractivity contribution in [2.24, 2.45) is 5.73 Å². The third-order valence-corrected chi connectivity index (χ3v) is 5.17. The van der Waals surface area contributed by atoms with Crippen LogP contribution in [0.2, 0.25) is 0 Å². The summed E-state index contributed by atoms with van der Waals surface area (Å²) in [5.41, 5.74) is 10.6. The fraction of sp³-hybridized carbons (Fsp3) is 0.174. The van der Waals surface area contributed by atoms with Crippen molar-refractivity contribution in [3.63, 3.8) is 0 Å². The van der Waals surface area contributed by atoms with Gasteiger partial charge in [0, 0.05) is 28.9 Å². The number of anilines is 1. The number of allylic oxidation sites excluding steroid dienone is 5. The van der Waals surface area contributed by atoms with E-state index >= 15 is 0 Å². The lowest BCUT2D eigenvalue weighted by Gasteiger charge is -2.19. The molecular weight excluding hydrogens is 377 g/mol. The van der Waals surface area contributed by atoms with E-state index < -0.39 is 11.7 Å². The van der Waals surface area contributed by atoms with Gasteiger partial charge in [-0.1, -0.05) is 36.4 Å². The van der Waals surface area contributed by atoms with Gasteiger partial charge in [-0.3, -0.25) is 4.79 Å². The highest BCUT2D eigenvalue weighted by Crippen LogP contribution is 2.36. The number of halogens is 3. The Morgan fingerprint density at radius 2 is 1.83 bits per heavy atom. The van der Waals surface area contributed by atoms with Crippen molar-refractivity contribution in [1.29, 1.82) is 0 Å². The van der Waals surface area contributed by atoms with Crippen molar-refractivity contribution in [2.45, 2.75) is 25.4 Å². The largest absolute Gasteiger partial charge is 0.412 e. The van der Waals surface area contributed by atoms with E-state index in [-0.39, 0.29) is 18.7 Å². The molecule has 0 aromatic heterocycles. The van der Waals surface area contributed by atoms with Crippen LogP contribution in [0.3, 0.4) is 0 Å².